The molecule has 60 heavy (non-hydrogen) atoms. The van der Waals surface area contributed by atoms with Crippen LogP contribution in [0.2, 0.25) is 0 Å². The van der Waals surface area contributed by atoms with E-state index in [4.69, 9.17) is 0 Å². The zero-order chi connectivity index (χ0) is 39.3. The number of thiophene rings is 2. The summed E-state index contributed by atoms with van der Waals surface area (Å²) in [6.45, 7) is 0. The van der Waals surface area contributed by atoms with E-state index in [1.54, 1.807) is 0 Å². The van der Waals surface area contributed by atoms with Crippen LogP contribution in [0.15, 0.2) is 206 Å². The first kappa shape index (κ1) is 33.9. The highest BCUT2D eigenvalue weighted by Gasteiger charge is 2.31. The lowest BCUT2D eigenvalue weighted by atomic mass is 9.86. The molecule has 0 N–H and O–H groups in total. The van der Waals surface area contributed by atoms with Crippen LogP contribution in [0.3, 0.4) is 0 Å². The minimum Gasteiger partial charge on any atom is -0.309 e. The Morgan fingerprint density at radius 1 is 0.350 bits per heavy atom. The van der Waals surface area contributed by atoms with Gasteiger partial charge in [0, 0.05) is 52.9 Å². The van der Waals surface area contributed by atoms with Crippen molar-refractivity contribution in [3.63, 3.8) is 0 Å². The van der Waals surface area contributed by atoms with Crippen LogP contribution in [0.4, 0.5) is 17.1 Å². The molecular weight excluding hydrogens is 763 g/mol. The molecule has 0 saturated heterocycles. The maximum Gasteiger partial charge on any atom is 0.0640 e. The van der Waals surface area contributed by atoms with Gasteiger partial charge in [-0.25, -0.2) is 0 Å². The van der Waals surface area contributed by atoms with E-state index in [2.05, 4.69) is 211 Å². The Morgan fingerprint density at radius 2 is 0.967 bits per heavy atom. The average Bonchev–Trinajstić information content (AvgIpc) is 3.98. The Kier molecular flexibility index (Phi) is 7.48. The minimum atomic E-state index is 0.132. The molecule has 0 bridgehead atoms. The van der Waals surface area contributed by atoms with Gasteiger partial charge in [0.15, 0.2) is 0 Å². The van der Waals surface area contributed by atoms with Crippen LogP contribution in [-0.4, -0.2) is 0 Å². The third-order valence-electron chi connectivity index (χ3n) is 12.7. The summed E-state index contributed by atoms with van der Waals surface area (Å²) >= 11 is 3.78. The molecular formula is C57H35NS2. The topological polar surface area (TPSA) is 3.24 Å². The van der Waals surface area contributed by atoms with Gasteiger partial charge in [-0.2, -0.15) is 0 Å². The van der Waals surface area contributed by atoms with E-state index < -0.39 is 0 Å². The summed E-state index contributed by atoms with van der Waals surface area (Å²) in [4.78, 5) is 2.45. The highest BCUT2D eigenvalue weighted by atomic mass is 32.1. The van der Waals surface area contributed by atoms with E-state index in [1.807, 2.05) is 22.7 Å². The Balaban J connectivity index is 1.01. The molecule has 1 atom stereocenters. The van der Waals surface area contributed by atoms with Gasteiger partial charge < -0.3 is 4.90 Å². The summed E-state index contributed by atoms with van der Waals surface area (Å²) in [6.07, 6.45) is 0. The molecule has 13 rings (SSSR count). The van der Waals surface area contributed by atoms with Crippen molar-refractivity contribution in [1.29, 1.82) is 0 Å². The van der Waals surface area contributed by atoms with E-state index in [9.17, 15) is 0 Å². The second-order valence-corrected chi connectivity index (χ2v) is 18.1. The van der Waals surface area contributed by atoms with Crippen molar-refractivity contribution in [2.24, 2.45) is 0 Å². The van der Waals surface area contributed by atoms with Crippen LogP contribution in [0.1, 0.15) is 22.6 Å². The highest BCUT2D eigenvalue weighted by Crippen LogP contribution is 2.52. The fraction of sp³-hybridized carbons (Fsp3) is 0.0175. The van der Waals surface area contributed by atoms with Crippen LogP contribution in [-0.2, 0) is 0 Å². The smallest absolute Gasteiger partial charge is 0.0640 e. The quantitative estimate of drug-likeness (QED) is 0.168. The Bertz CT molecular complexity index is 3680. The minimum absolute atomic E-state index is 0.132. The molecule has 1 nitrogen and oxygen atoms in total. The normalized spacial score (nSPS) is 13.5. The Morgan fingerprint density at radius 3 is 1.77 bits per heavy atom. The van der Waals surface area contributed by atoms with E-state index in [0.717, 1.165) is 11.4 Å². The summed E-state index contributed by atoms with van der Waals surface area (Å²) in [5.41, 5.74) is 12.8. The van der Waals surface area contributed by atoms with Crippen LogP contribution in [0.25, 0.3) is 84.1 Å². The fourth-order valence-corrected chi connectivity index (χ4v) is 12.3. The van der Waals surface area contributed by atoms with Crippen molar-refractivity contribution in [2.75, 3.05) is 4.90 Å². The molecule has 12 aromatic rings. The number of nitrogens with zero attached hydrogens (tertiary/aromatic N) is 1. The van der Waals surface area contributed by atoms with Crippen molar-refractivity contribution in [3.05, 3.63) is 223 Å². The molecule has 280 valence electrons. The van der Waals surface area contributed by atoms with Crippen molar-refractivity contribution in [3.8, 4) is 22.3 Å². The maximum absolute atomic E-state index is 2.50. The molecule has 1 aliphatic rings. The molecule has 2 heterocycles. The molecule has 1 aliphatic carbocycles. The van der Waals surface area contributed by atoms with E-state index in [1.165, 1.54) is 107 Å². The van der Waals surface area contributed by atoms with Crippen molar-refractivity contribution in [1.82, 2.24) is 0 Å². The molecule has 1 unspecified atom stereocenters. The first-order valence-corrected chi connectivity index (χ1v) is 22.2. The standard InChI is InChI=1S/C57H35NS2/c1-2-13-37-30-42(29-24-35(37)12-1)58(52-21-11-20-47-44-17-7-9-22-53(44)60-57(47)52)41-27-25-36(26-28-41)48-33-40(34-51-45-18-8-10-23-54(45)59-56(48)51)55-46-19-6-5-16-43(46)49-31-38-14-3-4-15-39(38)32-50(49)55/h1-34,55H. The summed E-state index contributed by atoms with van der Waals surface area (Å²) in [7, 11) is 0. The molecule has 0 amide bonds. The second kappa shape index (κ2) is 13.2. The highest BCUT2D eigenvalue weighted by molar-refractivity contribution is 7.26. The van der Waals surface area contributed by atoms with Gasteiger partial charge in [-0.15, -0.1) is 22.7 Å². The van der Waals surface area contributed by atoms with Gasteiger partial charge in [0.2, 0.25) is 0 Å². The van der Waals surface area contributed by atoms with Crippen LogP contribution in [0.5, 0.6) is 0 Å². The Labute approximate surface area is 355 Å². The predicted molar refractivity (Wildman–Crippen MR) is 260 cm³/mol. The summed E-state index contributed by atoms with van der Waals surface area (Å²) in [5, 5.41) is 10.3. The number of hydrogen-bond donors (Lipinski definition) is 0. The largest absolute Gasteiger partial charge is 0.309 e. The third-order valence-corrected chi connectivity index (χ3v) is 15.1. The van der Waals surface area contributed by atoms with Gasteiger partial charge in [0.05, 0.1) is 10.4 Å². The van der Waals surface area contributed by atoms with E-state index in [0.29, 0.717) is 0 Å². The van der Waals surface area contributed by atoms with Gasteiger partial charge >= 0.3 is 0 Å². The number of fused-ring (bicyclic) bond motifs is 11. The average molecular weight is 798 g/mol. The summed E-state index contributed by atoms with van der Waals surface area (Å²) < 4.78 is 5.25. The van der Waals surface area contributed by atoms with Crippen molar-refractivity contribution < 1.29 is 0 Å². The molecule has 3 heteroatoms. The summed E-state index contributed by atoms with van der Waals surface area (Å²) in [5.74, 6) is 0.132. The first-order chi connectivity index (χ1) is 29.7. The van der Waals surface area contributed by atoms with E-state index in [-0.39, 0.29) is 5.92 Å². The Hall–Kier alpha value is -7.04. The van der Waals surface area contributed by atoms with Crippen LogP contribution >= 0.6 is 22.7 Å². The van der Waals surface area contributed by atoms with Gasteiger partial charge in [-0.05, 0) is 127 Å². The number of benzene rings is 10. The van der Waals surface area contributed by atoms with Crippen LogP contribution in [0, 0.1) is 0 Å². The molecule has 0 radical (unpaired) electrons. The first-order valence-electron chi connectivity index (χ1n) is 20.6. The number of rotatable bonds is 5. The lowest BCUT2D eigenvalue weighted by molar-refractivity contribution is 1.02. The third kappa shape index (κ3) is 5.16. The number of anilines is 3. The van der Waals surface area contributed by atoms with Crippen molar-refractivity contribution in [2.45, 2.75) is 5.92 Å². The second-order valence-electron chi connectivity index (χ2n) is 16.0. The molecule has 10 aromatic carbocycles. The van der Waals surface area contributed by atoms with Gasteiger partial charge in [0.1, 0.15) is 0 Å². The lowest BCUT2D eigenvalue weighted by Crippen LogP contribution is -2.10. The molecule has 0 saturated carbocycles. The predicted octanol–water partition coefficient (Wildman–Crippen LogP) is 17.0. The van der Waals surface area contributed by atoms with Gasteiger partial charge in [-0.1, -0.05) is 140 Å². The van der Waals surface area contributed by atoms with E-state index >= 15 is 0 Å². The van der Waals surface area contributed by atoms with Gasteiger partial charge in [-0.3, -0.25) is 0 Å². The SMILES string of the molecule is c1ccc2c(c1)-c1cc3ccccc3cc1C2c1cc(-c2ccc(N(c3ccc4ccccc4c3)c3cccc4c3sc3ccccc34)cc2)c2sc3ccccc3c2c1. The monoisotopic (exact) mass is 797 g/mol. The molecule has 2 aromatic heterocycles. The van der Waals surface area contributed by atoms with Gasteiger partial charge in [0.25, 0.3) is 0 Å². The fourth-order valence-electron chi connectivity index (χ4n) is 9.92. The van der Waals surface area contributed by atoms with Crippen molar-refractivity contribution >= 4 is 102 Å². The zero-order valence-corrected chi connectivity index (χ0v) is 34.1. The maximum atomic E-state index is 2.50. The molecule has 0 fully saturated rings. The lowest BCUT2D eigenvalue weighted by Gasteiger charge is -2.26. The summed E-state index contributed by atoms with van der Waals surface area (Å²) in [6, 6.07) is 77.0. The zero-order valence-electron chi connectivity index (χ0n) is 32.5. The van der Waals surface area contributed by atoms with Crippen LogP contribution < -0.4 is 4.90 Å². The number of hydrogen-bond acceptors (Lipinski definition) is 3. The molecule has 0 aliphatic heterocycles. The molecule has 0 spiro atoms.